The summed E-state index contributed by atoms with van der Waals surface area (Å²) in [6.45, 7) is 5.73. The highest BCUT2D eigenvalue weighted by atomic mass is 16.5. The molecule has 0 aromatic rings. The molecule has 1 unspecified atom stereocenters. The summed E-state index contributed by atoms with van der Waals surface area (Å²) < 4.78 is 10.9. The standard InChI is InChI=1S/C18H33N3O3/c19-16(15-4-10-23-11-5-15)17(22)20-14-18(6-2-1-3-7-18)21-8-12-24-13-9-21/h15-16H,1-14,19H2,(H,20,22). The van der Waals surface area contributed by atoms with Gasteiger partial charge in [0.1, 0.15) is 0 Å². The van der Waals surface area contributed by atoms with E-state index in [9.17, 15) is 4.79 Å². The SMILES string of the molecule is NC(C(=O)NCC1(N2CCOCC2)CCCCC1)C1CCOCC1. The summed E-state index contributed by atoms with van der Waals surface area (Å²) in [6, 6.07) is -0.403. The number of amides is 1. The molecule has 0 aromatic heterocycles. The highest BCUT2D eigenvalue weighted by Crippen LogP contribution is 2.34. The van der Waals surface area contributed by atoms with Gasteiger partial charge in [-0.15, -0.1) is 0 Å². The van der Waals surface area contributed by atoms with Crippen LogP contribution in [0, 0.1) is 5.92 Å². The van der Waals surface area contributed by atoms with Crippen LogP contribution in [0.1, 0.15) is 44.9 Å². The van der Waals surface area contributed by atoms with E-state index in [-0.39, 0.29) is 17.4 Å². The molecule has 1 atom stereocenters. The van der Waals surface area contributed by atoms with Crippen LogP contribution in [-0.4, -0.2) is 68.4 Å². The normalized spacial score (nSPS) is 27.5. The number of morpholine rings is 1. The molecule has 3 rings (SSSR count). The fourth-order valence-electron chi connectivity index (χ4n) is 4.51. The summed E-state index contributed by atoms with van der Waals surface area (Å²) in [5, 5.41) is 3.20. The third kappa shape index (κ3) is 4.28. The Hall–Kier alpha value is -0.690. The van der Waals surface area contributed by atoms with Gasteiger partial charge in [0, 0.05) is 38.4 Å². The van der Waals surface area contributed by atoms with Crippen molar-refractivity contribution in [3.05, 3.63) is 0 Å². The van der Waals surface area contributed by atoms with Crippen molar-refractivity contribution in [3.8, 4) is 0 Å². The van der Waals surface area contributed by atoms with Crippen LogP contribution in [0.15, 0.2) is 0 Å². The summed E-state index contributed by atoms with van der Waals surface area (Å²) in [4.78, 5) is 15.1. The molecule has 0 bridgehead atoms. The second-order valence-electron chi connectivity index (χ2n) is 7.58. The van der Waals surface area contributed by atoms with Crippen LogP contribution in [-0.2, 0) is 14.3 Å². The van der Waals surface area contributed by atoms with Crippen LogP contribution >= 0.6 is 0 Å². The molecule has 0 aromatic carbocycles. The molecule has 6 nitrogen and oxygen atoms in total. The lowest BCUT2D eigenvalue weighted by Gasteiger charge is -2.48. The van der Waals surface area contributed by atoms with Crippen molar-refractivity contribution in [1.82, 2.24) is 10.2 Å². The monoisotopic (exact) mass is 339 g/mol. The first-order valence-corrected chi connectivity index (χ1v) is 9.65. The van der Waals surface area contributed by atoms with Crippen LogP contribution < -0.4 is 11.1 Å². The van der Waals surface area contributed by atoms with Gasteiger partial charge in [-0.25, -0.2) is 0 Å². The molecule has 3 N–H and O–H groups in total. The predicted molar refractivity (Wildman–Crippen MR) is 92.7 cm³/mol. The Kier molecular flexibility index (Phi) is 6.49. The zero-order valence-electron chi connectivity index (χ0n) is 14.8. The third-order valence-corrected chi connectivity index (χ3v) is 6.13. The molecule has 138 valence electrons. The van der Waals surface area contributed by atoms with Crippen molar-refractivity contribution in [3.63, 3.8) is 0 Å². The van der Waals surface area contributed by atoms with E-state index in [0.717, 1.165) is 58.9 Å². The molecule has 6 heteroatoms. The van der Waals surface area contributed by atoms with Gasteiger partial charge < -0.3 is 20.5 Å². The summed E-state index contributed by atoms with van der Waals surface area (Å²) in [5.74, 6) is 0.268. The van der Waals surface area contributed by atoms with Gasteiger partial charge in [-0.3, -0.25) is 9.69 Å². The number of nitrogens with zero attached hydrogens (tertiary/aromatic N) is 1. The lowest BCUT2D eigenvalue weighted by atomic mass is 9.79. The first-order valence-electron chi connectivity index (χ1n) is 9.65. The summed E-state index contributed by atoms with van der Waals surface area (Å²) in [7, 11) is 0. The third-order valence-electron chi connectivity index (χ3n) is 6.13. The second kappa shape index (κ2) is 8.61. The molecule has 2 saturated heterocycles. The van der Waals surface area contributed by atoms with Gasteiger partial charge >= 0.3 is 0 Å². The van der Waals surface area contributed by atoms with E-state index in [0.29, 0.717) is 0 Å². The van der Waals surface area contributed by atoms with Crippen LogP contribution in [0.2, 0.25) is 0 Å². The maximum absolute atomic E-state index is 12.6. The average Bonchev–Trinajstić information content (AvgIpc) is 2.67. The largest absolute Gasteiger partial charge is 0.381 e. The molecule has 24 heavy (non-hydrogen) atoms. The van der Waals surface area contributed by atoms with Gasteiger partial charge in [-0.2, -0.15) is 0 Å². The summed E-state index contributed by atoms with van der Waals surface area (Å²) >= 11 is 0. The summed E-state index contributed by atoms with van der Waals surface area (Å²) in [5.41, 5.74) is 6.33. The van der Waals surface area contributed by atoms with Gasteiger partial charge in [0.15, 0.2) is 0 Å². The zero-order chi connectivity index (χ0) is 16.8. The van der Waals surface area contributed by atoms with E-state index >= 15 is 0 Å². The Labute approximate surface area is 145 Å². The van der Waals surface area contributed by atoms with Gasteiger partial charge in [-0.1, -0.05) is 19.3 Å². The Morgan fingerprint density at radius 2 is 1.71 bits per heavy atom. The van der Waals surface area contributed by atoms with Gasteiger partial charge in [0.25, 0.3) is 0 Å². The Morgan fingerprint density at radius 3 is 2.38 bits per heavy atom. The van der Waals surface area contributed by atoms with Gasteiger partial charge in [0.05, 0.1) is 19.3 Å². The lowest BCUT2D eigenvalue weighted by molar-refractivity contribution is -0.125. The Balaban J connectivity index is 1.57. The van der Waals surface area contributed by atoms with Crippen molar-refractivity contribution in [2.45, 2.75) is 56.5 Å². The van der Waals surface area contributed by atoms with Gasteiger partial charge in [-0.05, 0) is 31.6 Å². The van der Waals surface area contributed by atoms with E-state index in [1.165, 1.54) is 32.1 Å². The van der Waals surface area contributed by atoms with Crippen LogP contribution in [0.3, 0.4) is 0 Å². The number of carbonyl (C=O) groups is 1. The number of rotatable bonds is 5. The fraction of sp³-hybridized carbons (Fsp3) is 0.944. The molecule has 0 radical (unpaired) electrons. The van der Waals surface area contributed by atoms with Crippen molar-refractivity contribution < 1.29 is 14.3 Å². The molecule has 0 spiro atoms. The minimum absolute atomic E-state index is 0.0140. The predicted octanol–water partition coefficient (Wildman–Crippen LogP) is 0.892. The minimum atomic E-state index is -0.403. The highest BCUT2D eigenvalue weighted by Gasteiger charge is 2.39. The van der Waals surface area contributed by atoms with E-state index in [4.69, 9.17) is 15.2 Å². The maximum Gasteiger partial charge on any atom is 0.237 e. The smallest absolute Gasteiger partial charge is 0.237 e. The zero-order valence-corrected chi connectivity index (χ0v) is 14.8. The van der Waals surface area contributed by atoms with Crippen LogP contribution in [0.4, 0.5) is 0 Å². The number of nitrogens with two attached hydrogens (primary N) is 1. The number of ether oxygens (including phenoxy) is 2. The Bertz CT molecular complexity index is 400. The number of hydrogen-bond acceptors (Lipinski definition) is 5. The molecule has 1 amide bonds. The first-order chi connectivity index (χ1) is 11.7. The quantitative estimate of drug-likeness (QED) is 0.778. The highest BCUT2D eigenvalue weighted by molar-refractivity contribution is 5.81. The van der Waals surface area contributed by atoms with E-state index in [2.05, 4.69) is 10.2 Å². The van der Waals surface area contributed by atoms with E-state index < -0.39 is 6.04 Å². The molecular formula is C18H33N3O3. The molecule has 2 aliphatic heterocycles. The number of hydrogen-bond donors (Lipinski definition) is 2. The molecule has 3 fully saturated rings. The van der Waals surface area contributed by atoms with Crippen molar-refractivity contribution >= 4 is 5.91 Å². The van der Waals surface area contributed by atoms with Gasteiger partial charge in [0.2, 0.25) is 5.91 Å². The van der Waals surface area contributed by atoms with E-state index in [1.54, 1.807) is 0 Å². The Morgan fingerprint density at radius 1 is 1.08 bits per heavy atom. The lowest BCUT2D eigenvalue weighted by Crippen LogP contribution is -2.61. The molecule has 1 aliphatic carbocycles. The van der Waals surface area contributed by atoms with Crippen molar-refractivity contribution in [1.29, 1.82) is 0 Å². The molecule has 1 saturated carbocycles. The fourth-order valence-corrected chi connectivity index (χ4v) is 4.51. The second-order valence-corrected chi connectivity index (χ2v) is 7.58. The topological polar surface area (TPSA) is 76.8 Å². The van der Waals surface area contributed by atoms with Crippen LogP contribution in [0.5, 0.6) is 0 Å². The van der Waals surface area contributed by atoms with Crippen LogP contribution in [0.25, 0.3) is 0 Å². The van der Waals surface area contributed by atoms with E-state index in [1.807, 2.05) is 0 Å². The summed E-state index contributed by atoms with van der Waals surface area (Å²) in [6.07, 6.45) is 7.92. The average molecular weight is 339 g/mol. The number of nitrogens with one attached hydrogen (secondary N) is 1. The first kappa shape index (κ1) is 18.1. The maximum atomic E-state index is 12.6. The van der Waals surface area contributed by atoms with Crippen molar-refractivity contribution in [2.24, 2.45) is 11.7 Å². The minimum Gasteiger partial charge on any atom is -0.381 e. The number of carbonyl (C=O) groups excluding carboxylic acids is 1. The molecule has 2 heterocycles. The molecule has 3 aliphatic rings. The van der Waals surface area contributed by atoms with Crippen molar-refractivity contribution in [2.75, 3.05) is 46.1 Å². The molecular weight excluding hydrogens is 306 g/mol.